The summed E-state index contributed by atoms with van der Waals surface area (Å²) in [5.74, 6) is 4.09. The smallest absolute Gasteiger partial charge is 0.142 e. The van der Waals surface area contributed by atoms with Crippen molar-refractivity contribution >= 4 is 23.5 Å². The van der Waals surface area contributed by atoms with Gasteiger partial charge in [0.15, 0.2) is 0 Å². The second-order valence-corrected chi connectivity index (χ2v) is 7.63. The van der Waals surface area contributed by atoms with Gasteiger partial charge in [-0.1, -0.05) is 26.7 Å². The molecule has 1 aromatic rings. The Morgan fingerprint density at radius 1 is 0.955 bits per heavy atom. The van der Waals surface area contributed by atoms with E-state index in [0.717, 1.165) is 34.3 Å². The summed E-state index contributed by atoms with van der Waals surface area (Å²) >= 11 is 3.75. The monoisotopic (exact) mass is 343 g/mol. The number of hydrogen-bond acceptors (Lipinski definition) is 5. The summed E-state index contributed by atoms with van der Waals surface area (Å²) in [6.07, 6.45) is 4.81. The van der Waals surface area contributed by atoms with Crippen LogP contribution in [-0.4, -0.2) is 26.7 Å². The topological polar surface area (TPSA) is 53.4 Å². The average molecular weight is 344 g/mol. The van der Waals surface area contributed by atoms with Gasteiger partial charge in [-0.3, -0.25) is 4.98 Å². The van der Waals surface area contributed by atoms with Crippen LogP contribution in [-0.2, 0) is 18.1 Å². The van der Waals surface area contributed by atoms with E-state index in [9.17, 15) is 10.2 Å². The van der Waals surface area contributed by atoms with E-state index in [1.807, 2.05) is 30.4 Å². The third-order valence-electron chi connectivity index (χ3n) is 3.57. The number of nitrogens with zero attached hydrogens (tertiary/aromatic N) is 1. The summed E-state index contributed by atoms with van der Waals surface area (Å²) < 4.78 is 0. The van der Waals surface area contributed by atoms with Crippen LogP contribution in [0.1, 0.15) is 62.0 Å². The fraction of sp³-hybridized carbons (Fsp3) is 0.706. The Kier molecular flexibility index (Phi) is 10.0. The molecule has 0 atom stereocenters. The lowest BCUT2D eigenvalue weighted by Crippen LogP contribution is -2.05. The van der Waals surface area contributed by atoms with Gasteiger partial charge in [0.25, 0.3) is 0 Å². The molecule has 0 spiro atoms. The molecule has 0 saturated heterocycles. The van der Waals surface area contributed by atoms with Crippen LogP contribution in [0.15, 0.2) is 0 Å². The minimum atomic E-state index is -0.120. The normalized spacial score (nSPS) is 11.1. The van der Waals surface area contributed by atoms with E-state index >= 15 is 0 Å². The molecule has 0 aliphatic rings. The second kappa shape index (κ2) is 11.2. The number of pyridine rings is 1. The van der Waals surface area contributed by atoms with Crippen LogP contribution in [0.4, 0.5) is 0 Å². The fourth-order valence-electron chi connectivity index (χ4n) is 2.15. The number of aromatic hydroxyl groups is 1. The molecule has 0 amide bonds. The molecule has 0 aliphatic carbocycles. The molecular formula is C17H29NO2S2. The molecule has 22 heavy (non-hydrogen) atoms. The molecule has 5 heteroatoms. The SMILES string of the molecule is CCCCSCc1nc(C)c(O)c(CO)c1CSCCCC. The highest BCUT2D eigenvalue weighted by molar-refractivity contribution is 7.98. The van der Waals surface area contributed by atoms with Crippen LogP contribution in [0.3, 0.4) is 0 Å². The van der Waals surface area contributed by atoms with E-state index in [1.54, 1.807) is 0 Å². The molecule has 2 N–H and O–H groups in total. The lowest BCUT2D eigenvalue weighted by atomic mass is 10.1. The van der Waals surface area contributed by atoms with Crippen LogP contribution < -0.4 is 0 Å². The number of aromatic nitrogens is 1. The van der Waals surface area contributed by atoms with Crippen molar-refractivity contribution in [3.63, 3.8) is 0 Å². The summed E-state index contributed by atoms with van der Waals surface area (Å²) in [6.45, 7) is 6.08. The average Bonchev–Trinajstić information content (AvgIpc) is 2.52. The van der Waals surface area contributed by atoms with Crippen LogP contribution >= 0.6 is 23.5 Å². The second-order valence-electron chi connectivity index (χ2n) is 5.42. The highest BCUT2D eigenvalue weighted by Crippen LogP contribution is 2.31. The van der Waals surface area contributed by atoms with E-state index in [2.05, 4.69) is 18.8 Å². The Morgan fingerprint density at radius 2 is 1.55 bits per heavy atom. The maximum Gasteiger partial charge on any atom is 0.142 e. The van der Waals surface area contributed by atoms with Crippen molar-refractivity contribution in [1.29, 1.82) is 0 Å². The third kappa shape index (κ3) is 6.01. The van der Waals surface area contributed by atoms with Gasteiger partial charge >= 0.3 is 0 Å². The van der Waals surface area contributed by atoms with Gasteiger partial charge < -0.3 is 10.2 Å². The molecule has 126 valence electrons. The zero-order valence-electron chi connectivity index (χ0n) is 14.0. The van der Waals surface area contributed by atoms with Gasteiger partial charge in [0.2, 0.25) is 0 Å². The predicted octanol–water partition coefficient (Wildman–Crippen LogP) is 4.65. The summed E-state index contributed by atoms with van der Waals surface area (Å²) in [5, 5.41) is 19.8. The van der Waals surface area contributed by atoms with Crippen LogP contribution in [0.2, 0.25) is 0 Å². The number of rotatable bonds is 11. The van der Waals surface area contributed by atoms with Crippen molar-refractivity contribution < 1.29 is 10.2 Å². The molecule has 0 fully saturated rings. The summed E-state index contributed by atoms with van der Waals surface area (Å²) in [6, 6.07) is 0. The highest BCUT2D eigenvalue weighted by atomic mass is 32.2. The molecule has 1 aromatic heterocycles. The number of aliphatic hydroxyl groups excluding tert-OH is 1. The quantitative estimate of drug-likeness (QED) is 0.573. The Hall–Kier alpha value is -0.390. The molecular weight excluding hydrogens is 314 g/mol. The molecule has 0 aliphatic heterocycles. The summed E-state index contributed by atoms with van der Waals surface area (Å²) in [7, 11) is 0. The van der Waals surface area contributed by atoms with Gasteiger partial charge in [-0.2, -0.15) is 23.5 Å². The molecule has 0 saturated carbocycles. The first kappa shape index (κ1) is 19.7. The van der Waals surface area contributed by atoms with Crippen LogP contribution in [0.25, 0.3) is 0 Å². The largest absolute Gasteiger partial charge is 0.506 e. The van der Waals surface area contributed by atoms with Crippen molar-refractivity contribution in [1.82, 2.24) is 4.98 Å². The van der Waals surface area contributed by atoms with Crippen LogP contribution in [0.5, 0.6) is 5.75 Å². The number of thioether (sulfide) groups is 2. The number of unbranched alkanes of at least 4 members (excludes halogenated alkanes) is 2. The molecule has 1 heterocycles. The maximum atomic E-state index is 10.2. The van der Waals surface area contributed by atoms with Crippen molar-refractivity contribution in [2.75, 3.05) is 11.5 Å². The lowest BCUT2D eigenvalue weighted by Gasteiger charge is -2.16. The van der Waals surface area contributed by atoms with Crippen molar-refractivity contribution in [3.8, 4) is 5.75 Å². The van der Waals surface area contributed by atoms with Gasteiger partial charge in [-0.15, -0.1) is 0 Å². The first-order valence-electron chi connectivity index (χ1n) is 8.12. The summed E-state index contributed by atoms with van der Waals surface area (Å²) in [4.78, 5) is 4.58. The molecule has 1 rings (SSSR count). The van der Waals surface area contributed by atoms with Gasteiger partial charge in [0.05, 0.1) is 18.0 Å². The maximum absolute atomic E-state index is 10.2. The van der Waals surface area contributed by atoms with E-state index in [4.69, 9.17) is 0 Å². The first-order chi connectivity index (χ1) is 10.7. The standard InChI is InChI=1S/C17H29NO2S2/c1-4-6-8-21-11-15-14(10-19)17(20)13(3)18-16(15)12-22-9-7-5-2/h19-20H,4-12H2,1-3H3. The number of hydrogen-bond donors (Lipinski definition) is 2. The minimum Gasteiger partial charge on any atom is -0.506 e. The lowest BCUT2D eigenvalue weighted by molar-refractivity contribution is 0.273. The molecule has 3 nitrogen and oxygen atoms in total. The Labute approximate surface area is 143 Å². The van der Waals surface area contributed by atoms with Crippen molar-refractivity contribution in [3.05, 3.63) is 22.5 Å². The molecule has 0 aromatic carbocycles. The number of aliphatic hydroxyl groups is 1. The van der Waals surface area contributed by atoms with Crippen molar-refractivity contribution in [2.45, 2.75) is 64.6 Å². The zero-order chi connectivity index (χ0) is 16.4. The van der Waals surface area contributed by atoms with Crippen molar-refractivity contribution in [2.24, 2.45) is 0 Å². The Morgan fingerprint density at radius 3 is 2.09 bits per heavy atom. The zero-order valence-corrected chi connectivity index (χ0v) is 15.7. The van der Waals surface area contributed by atoms with Gasteiger partial charge in [-0.25, -0.2) is 0 Å². The summed E-state index contributed by atoms with van der Waals surface area (Å²) in [5.41, 5.74) is 3.36. The predicted molar refractivity (Wildman–Crippen MR) is 98.7 cm³/mol. The fourth-order valence-corrected chi connectivity index (χ4v) is 4.41. The Bertz CT molecular complexity index is 453. The molecule has 0 unspecified atom stereocenters. The van der Waals surface area contributed by atoms with Gasteiger partial charge in [-0.05, 0) is 36.8 Å². The van der Waals surface area contributed by atoms with Gasteiger partial charge in [0, 0.05) is 17.1 Å². The van der Waals surface area contributed by atoms with E-state index in [1.165, 1.54) is 25.7 Å². The molecule has 0 bridgehead atoms. The highest BCUT2D eigenvalue weighted by Gasteiger charge is 2.16. The Balaban J connectivity index is 2.88. The van der Waals surface area contributed by atoms with Gasteiger partial charge in [0.1, 0.15) is 5.75 Å². The van der Waals surface area contributed by atoms with Crippen LogP contribution in [0, 0.1) is 6.92 Å². The molecule has 0 radical (unpaired) electrons. The third-order valence-corrected chi connectivity index (χ3v) is 5.70. The van der Waals surface area contributed by atoms with E-state index < -0.39 is 0 Å². The number of aryl methyl sites for hydroxylation is 1. The first-order valence-corrected chi connectivity index (χ1v) is 10.4. The minimum absolute atomic E-state index is 0.120. The van der Waals surface area contributed by atoms with E-state index in [0.29, 0.717) is 11.3 Å². The van der Waals surface area contributed by atoms with E-state index in [-0.39, 0.29) is 12.4 Å².